The first kappa shape index (κ1) is 6.20. The zero-order valence-electron chi connectivity index (χ0n) is 4.41. The fourth-order valence-electron chi connectivity index (χ4n) is 0.642. The lowest BCUT2D eigenvalue weighted by Gasteiger charge is -2.09. The van der Waals surface area contributed by atoms with Crippen molar-refractivity contribution in [2.24, 2.45) is 0 Å². The van der Waals surface area contributed by atoms with Gasteiger partial charge in [0.25, 0.3) is 0 Å². The Balaban J connectivity index is 2.40. The van der Waals surface area contributed by atoms with E-state index in [1.54, 1.807) is 0 Å². The minimum atomic E-state index is 0.627. The van der Waals surface area contributed by atoms with E-state index in [2.05, 4.69) is 41.3 Å². The summed E-state index contributed by atoms with van der Waals surface area (Å²) in [6.45, 7) is 2.33. The summed E-state index contributed by atoms with van der Waals surface area (Å²) < 4.78 is 0.627. The number of alkyl halides is 1. The normalized spacial score (nSPS) is 42.0. The zero-order valence-corrected chi connectivity index (χ0v) is 7.38. The summed E-state index contributed by atoms with van der Waals surface area (Å²) in [5, 5.41) is 0. The van der Waals surface area contributed by atoms with E-state index in [1.165, 1.54) is 17.9 Å². The number of hydrogen-bond donors (Lipinski definition) is 0. The van der Waals surface area contributed by atoms with E-state index in [-0.39, 0.29) is 0 Å². The highest BCUT2D eigenvalue weighted by atomic mass is 127. The van der Waals surface area contributed by atoms with Crippen molar-refractivity contribution >= 4 is 34.4 Å². The SMILES string of the molecule is C[C@]1(I)CCSC1. The van der Waals surface area contributed by atoms with Gasteiger partial charge in [0, 0.05) is 9.17 Å². The smallest absolute Gasteiger partial charge is 0.0292 e. The molecule has 0 unspecified atom stereocenters. The van der Waals surface area contributed by atoms with Gasteiger partial charge in [-0.25, -0.2) is 0 Å². The molecule has 2 heteroatoms. The van der Waals surface area contributed by atoms with Gasteiger partial charge in [-0.05, 0) is 19.1 Å². The van der Waals surface area contributed by atoms with Gasteiger partial charge in [-0.1, -0.05) is 22.6 Å². The monoisotopic (exact) mass is 228 g/mol. The third-order valence-electron chi connectivity index (χ3n) is 1.17. The van der Waals surface area contributed by atoms with E-state index < -0.39 is 0 Å². The van der Waals surface area contributed by atoms with Crippen molar-refractivity contribution < 1.29 is 0 Å². The van der Waals surface area contributed by atoms with Crippen molar-refractivity contribution in [2.45, 2.75) is 16.8 Å². The van der Waals surface area contributed by atoms with Crippen molar-refractivity contribution in [3.05, 3.63) is 0 Å². The van der Waals surface area contributed by atoms with Crippen molar-refractivity contribution in [3.63, 3.8) is 0 Å². The van der Waals surface area contributed by atoms with Crippen LogP contribution in [0.4, 0.5) is 0 Å². The first-order chi connectivity index (χ1) is 3.21. The second-order valence-corrected chi connectivity index (χ2v) is 5.93. The largest absolute Gasteiger partial charge is 0.161 e. The molecule has 7 heavy (non-hydrogen) atoms. The van der Waals surface area contributed by atoms with Crippen LogP contribution in [0, 0.1) is 0 Å². The standard InChI is InChI=1S/C5H9IS/c1-5(6)2-3-7-4-5/h2-4H2,1H3/t5-/m0/s1. The van der Waals surface area contributed by atoms with E-state index in [4.69, 9.17) is 0 Å². The molecule has 0 aromatic carbocycles. The van der Waals surface area contributed by atoms with Crippen LogP contribution in [0.2, 0.25) is 0 Å². The topological polar surface area (TPSA) is 0 Å². The molecule has 0 nitrogen and oxygen atoms in total. The maximum Gasteiger partial charge on any atom is 0.0292 e. The molecule has 0 radical (unpaired) electrons. The van der Waals surface area contributed by atoms with Gasteiger partial charge in [0.2, 0.25) is 0 Å². The molecule has 1 aliphatic heterocycles. The maximum atomic E-state index is 2.55. The minimum Gasteiger partial charge on any atom is -0.161 e. The molecule has 1 rings (SSSR count). The summed E-state index contributed by atoms with van der Waals surface area (Å²) in [7, 11) is 0. The average Bonchev–Trinajstić information content (AvgIpc) is 1.84. The molecule has 1 saturated heterocycles. The van der Waals surface area contributed by atoms with Crippen LogP contribution in [0.5, 0.6) is 0 Å². The van der Waals surface area contributed by atoms with Gasteiger partial charge in [-0.3, -0.25) is 0 Å². The molecule has 1 heterocycles. The van der Waals surface area contributed by atoms with Gasteiger partial charge in [0.05, 0.1) is 0 Å². The lowest BCUT2D eigenvalue weighted by atomic mass is 10.2. The van der Waals surface area contributed by atoms with E-state index >= 15 is 0 Å². The predicted molar refractivity (Wildman–Crippen MR) is 44.4 cm³/mol. The molecule has 1 aliphatic rings. The quantitative estimate of drug-likeness (QED) is 0.453. The first-order valence-corrected chi connectivity index (χ1v) is 4.71. The van der Waals surface area contributed by atoms with Crippen molar-refractivity contribution in [3.8, 4) is 0 Å². The van der Waals surface area contributed by atoms with E-state index in [1.807, 2.05) is 0 Å². The Morgan fingerprint density at radius 1 is 1.71 bits per heavy atom. The highest BCUT2D eigenvalue weighted by Gasteiger charge is 2.24. The van der Waals surface area contributed by atoms with Crippen LogP contribution >= 0.6 is 34.4 Å². The van der Waals surface area contributed by atoms with Gasteiger partial charge >= 0.3 is 0 Å². The summed E-state index contributed by atoms with van der Waals surface area (Å²) >= 11 is 4.62. The lowest BCUT2D eigenvalue weighted by Crippen LogP contribution is -2.11. The first-order valence-electron chi connectivity index (χ1n) is 2.47. The molecule has 0 aromatic rings. The van der Waals surface area contributed by atoms with Gasteiger partial charge in [0.1, 0.15) is 0 Å². The fraction of sp³-hybridized carbons (Fsp3) is 1.00. The zero-order chi connectivity index (χ0) is 5.33. The van der Waals surface area contributed by atoms with Crippen LogP contribution in [0.3, 0.4) is 0 Å². The molecule has 0 N–H and O–H groups in total. The van der Waals surface area contributed by atoms with Gasteiger partial charge < -0.3 is 0 Å². The molecule has 0 aliphatic carbocycles. The van der Waals surface area contributed by atoms with Crippen LogP contribution in [-0.4, -0.2) is 14.9 Å². The Labute approximate surface area is 62.6 Å². The molecule has 0 spiro atoms. The van der Waals surface area contributed by atoms with Gasteiger partial charge in [-0.2, -0.15) is 11.8 Å². The predicted octanol–water partition coefficient (Wildman–Crippen LogP) is 2.32. The third kappa shape index (κ3) is 1.80. The molecule has 0 amide bonds. The van der Waals surface area contributed by atoms with Gasteiger partial charge in [-0.15, -0.1) is 0 Å². The Kier molecular flexibility index (Phi) is 1.89. The molecular formula is C5H9IS. The summed E-state index contributed by atoms with van der Waals surface area (Å²) in [6.07, 6.45) is 1.40. The van der Waals surface area contributed by atoms with Crippen LogP contribution in [0.1, 0.15) is 13.3 Å². The van der Waals surface area contributed by atoms with Crippen LogP contribution in [-0.2, 0) is 0 Å². The summed E-state index contributed by atoms with van der Waals surface area (Å²) in [4.78, 5) is 0. The molecule has 0 aromatic heterocycles. The minimum absolute atomic E-state index is 0.627. The van der Waals surface area contributed by atoms with Crippen LogP contribution < -0.4 is 0 Å². The Morgan fingerprint density at radius 2 is 2.43 bits per heavy atom. The second kappa shape index (κ2) is 2.13. The van der Waals surface area contributed by atoms with Crippen molar-refractivity contribution in [1.82, 2.24) is 0 Å². The van der Waals surface area contributed by atoms with Gasteiger partial charge in [0.15, 0.2) is 0 Å². The molecule has 0 bridgehead atoms. The van der Waals surface area contributed by atoms with E-state index in [0.29, 0.717) is 3.42 Å². The summed E-state index contributed by atoms with van der Waals surface area (Å²) in [5.74, 6) is 2.73. The Hall–Kier alpha value is 1.08. The summed E-state index contributed by atoms with van der Waals surface area (Å²) in [6, 6.07) is 0. The maximum absolute atomic E-state index is 2.55. The third-order valence-corrected chi connectivity index (χ3v) is 3.94. The number of rotatable bonds is 0. The molecule has 0 saturated carbocycles. The fourth-order valence-corrected chi connectivity index (χ4v) is 3.25. The Morgan fingerprint density at radius 3 is 2.57 bits per heavy atom. The van der Waals surface area contributed by atoms with E-state index in [9.17, 15) is 0 Å². The van der Waals surface area contributed by atoms with Crippen molar-refractivity contribution in [2.75, 3.05) is 11.5 Å². The summed E-state index contributed by atoms with van der Waals surface area (Å²) in [5.41, 5.74) is 0. The Bertz CT molecular complexity index is 62.5. The highest BCUT2D eigenvalue weighted by Crippen LogP contribution is 2.34. The molecule has 1 fully saturated rings. The lowest BCUT2D eigenvalue weighted by molar-refractivity contribution is 0.766. The van der Waals surface area contributed by atoms with Crippen LogP contribution in [0.25, 0.3) is 0 Å². The van der Waals surface area contributed by atoms with E-state index in [0.717, 1.165) is 0 Å². The molecule has 42 valence electrons. The van der Waals surface area contributed by atoms with Crippen molar-refractivity contribution in [1.29, 1.82) is 0 Å². The highest BCUT2D eigenvalue weighted by molar-refractivity contribution is 14.1. The number of halogens is 1. The average molecular weight is 228 g/mol. The molecule has 1 atom stereocenters. The number of thioether (sulfide) groups is 1. The molecular weight excluding hydrogens is 219 g/mol. The van der Waals surface area contributed by atoms with Crippen LogP contribution in [0.15, 0.2) is 0 Å². The number of hydrogen-bond acceptors (Lipinski definition) is 1. The second-order valence-electron chi connectivity index (χ2n) is 2.22.